The Morgan fingerprint density at radius 2 is 1.60 bits per heavy atom. The minimum atomic E-state index is -2.04. The van der Waals surface area contributed by atoms with Crippen LogP contribution >= 0.6 is 0 Å². The van der Waals surface area contributed by atoms with Crippen LogP contribution in [0.2, 0.25) is 0 Å². The number of aromatic hydroxyl groups is 4. The van der Waals surface area contributed by atoms with Gasteiger partial charge in [0.05, 0.1) is 25.6 Å². The molecule has 6 atom stereocenters. The van der Waals surface area contributed by atoms with Crippen molar-refractivity contribution in [1.82, 2.24) is 0 Å². The normalized spacial score (nSPS) is 22.8. The summed E-state index contributed by atoms with van der Waals surface area (Å²) in [7, 11) is 1.14. The first kappa shape index (κ1) is 33.1. The van der Waals surface area contributed by atoms with Crippen molar-refractivity contribution in [3.8, 4) is 45.8 Å². The zero-order valence-corrected chi connectivity index (χ0v) is 23.6. The van der Waals surface area contributed by atoms with E-state index in [-0.39, 0.29) is 11.3 Å². The number of aliphatic hydroxyl groups is 4. The van der Waals surface area contributed by atoms with Gasteiger partial charge in [-0.25, -0.2) is 0 Å². The molecule has 3 aromatic rings. The molecule has 0 spiro atoms. The summed E-state index contributed by atoms with van der Waals surface area (Å²) in [5, 5.41) is 90.6. The number of phenolic OH excluding ortho intramolecular Hbond substituents is 4. The molecule has 244 valence electrons. The number of carboxylic acid groups (broad SMARTS) is 1. The highest BCUT2D eigenvalue weighted by atomic mass is 16.7. The zero-order chi connectivity index (χ0) is 33.4. The van der Waals surface area contributed by atoms with E-state index in [0.717, 1.165) is 32.2 Å². The highest BCUT2D eigenvalue weighted by molar-refractivity contribution is 5.93. The molecule has 1 unspecified atom stereocenters. The average molecular weight is 639 g/mol. The van der Waals surface area contributed by atoms with Crippen molar-refractivity contribution in [1.29, 1.82) is 0 Å². The van der Waals surface area contributed by atoms with Gasteiger partial charge in [-0.1, -0.05) is 0 Å². The molecule has 9 N–H and O–H groups in total. The van der Waals surface area contributed by atoms with Crippen molar-refractivity contribution in [3.63, 3.8) is 0 Å². The van der Waals surface area contributed by atoms with Crippen LogP contribution in [0.5, 0.6) is 34.5 Å². The number of rotatable bonds is 10. The molecule has 1 aromatic heterocycles. The van der Waals surface area contributed by atoms with Gasteiger partial charge in [-0.2, -0.15) is 0 Å². The van der Waals surface area contributed by atoms with Crippen molar-refractivity contribution in [3.05, 3.63) is 34.5 Å². The van der Waals surface area contributed by atoms with E-state index in [9.17, 15) is 55.2 Å². The molecule has 17 heteroatoms. The van der Waals surface area contributed by atoms with Crippen LogP contribution in [0.25, 0.3) is 22.3 Å². The van der Waals surface area contributed by atoms with Crippen molar-refractivity contribution >= 4 is 22.9 Å². The number of aliphatic carboxylic acids is 1. The third kappa shape index (κ3) is 6.81. The highest BCUT2D eigenvalue weighted by Crippen LogP contribution is 2.44. The smallest absolute Gasteiger partial charge is 0.308 e. The number of esters is 1. The van der Waals surface area contributed by atoms with E-state index in [2.05, 4.69) is 0 Å². The van der Waals surface area contributed by atoms with Gasteiger partial charge in [0.15, 0.2) is 28.6 Å². The van der Waals surface area contributed by atoms with Gasteiger partial charge in [-0.15, -0.1) is 0 Å². The molecule has 2 heterocycles. The number of carbonyl (C=O) groups is 2. The first-order valence-corrected chi connectivity index (χ1v) is 13.1. The average Bonchev–Trinajstić information content (AvgIpc) is 2.94. The second kappa shape index (κ2) is 12.7. The summed E-state index contributed by atoms with van der Waals surface area (Å²) in [6.45, 7) is 0.308. The lowest BCUT2D eigenvalue weighted by molar-refractivity contribution is -0.278. The molecule has 0 radical (unpaired) electrons. The first-order valence-electron chi connectivity index (χ1n) is 13.1. The lowest BCUT2D eigenvalue weighted by Gasteiger charge is -2.40. The Balaban J connectivity index is 1.72. The third-order valence-corrected chi connectivity index (χ3v) is 6.85. The van der Waals surface area contributed by atoms with E-state index in [0.29, 0.717) is 0 Å². The van der Waals surface area contributed by atoms with E-state index in [1.54, 1.807) is 0 Å². The Kier molecular flexibility index (Phi) is 9.31. The number of hydrogen-bond acceptors (Lipinski definition) is 16. The van der Waals surface area contributed by atoms with E-state index < -0.39 is 119 Å². The number of methoxy groups -OCH3 is 1. The molecule has 45 heavy (non-hydrogen) atoms. The predicted molar refractivity (Wildman–Crippen MR) is 147 cm³/mol. The lowest BCUT2D eigenvalue weighted by Crippen LogP contribution is -2.60. The minimum Gasteiger partial charge on any atom is -0.507 e. The second-order valence-corrected chi connectivity index (χ2v) is 10.5. The molecule has 1 saturated heterocycles. The third-order valence-electron chi connectivity index (χ3n) is 6.85. The molecule has 0 saturated carbocycles. The Hall–Kier alpha value is -4.81. The zero-order valence-electron chi connectivity index (χ0n) is 23.6. The highest BCUT2D eigenvalue weighted by Gasteiger charge is 2.46. The summed E-state index contributed by atoms with van der Waals surface area (Å²) < 4.78 is 27.0. The van der Waals surface area contributed by atoms with Crippen LogP contribution < -0.4 is 14.9 Å². The van der Waals surface area contributed by atoms with E-state index >= 15 is 0 Å². The van der Waals surface area contributed by atoms with E-state index in [1.165, 1.54) is 6.07 Å². The molecule has 1 aliphatic heterocycles. The van der Waals surface area contributed by atoms with Crippen molar-refractivity contribution < 1.29 is 78.9 Å². The molecule has 1 fully saturated rings. The summed E-state index contributed by atoms with van der Waals surface area (Å²) in [5.41, 5.74) is -3.65. The second-order valence-electron chi connectivity index (χ2n) is 10.5. The van der Waals surface area contributed by atoms with Crippen molar-refractivity contribution in [2.24, 2.45) is 0 Å². The molecular weight excluding hydrogens is 608 g/mol. The van der Waals surface area contributed by atoms with Crippen LogP contribution in [0.15, 0.2) is 33.5 Å². The maximum atomic E-state index is 13.7. The van der Waals surface area contributed by atoms with Gasteiger partial charge in [0.25, 0.3) is 0 Å². The fraction of sp³-hybridized carbons (Fsp3) is 0.393. The maximum Gasteiger partial charge on any atom is 0.308 e. The lowest BCUT2D eigenvalue weighted by atomic mass is 9.98. The van der Waals surface area contributed by atoms with Gasteiger partial charge in [-0.05, 0) is 25.1 Å². The fourth-order valence-electron chi connectivity index (χ4n) is 4.65. The Morgan fingerprint density at radius 1 is 0.911 bits per heavy atom. The summed E-state index contributed by atoms with van der Waals surface area (Å²) in [6, 6.07) is 4.00. The largest absolute Gasteiger partial charge is 0.507 e. The number of benzene rings is 2. The first-order chi connectivity index (χ1) is 21.0. The van der Waals surface area contributed by atoms with Gasteiger partial charge < -0.3 is 69.3 Å². The number of carbonyl (C=O) groups excluding carboxylic acids is 1. The van der Waals surface area contributed by atoms with Crippen LogP contribution in [-0.4, -0.2) is 108 Å². The molecule has 4 rings (SSSR count). The van der Waals surface area contributed by atoms with Gasteiger partial charge >= 0.3 is 11.9 Å². The van der Waals surface area contributed by atoms with Crippen LogP contribution in [-0.2, 0) is 19.1 Å². The van der Waals surface area contributed by atoms with Gasteiger partial charge in [-0.3, -0.25) is 14.4 Å². The van der Waals surface area contributed by atoms with Crippen molar-refractivity contribution in [2.45, 2.75) is 56.1 Å². The topological polar surface area (TPSA) is 283 Å². The molecule has 17 nitrogen and oxygen atoms in total. The minimum absolute atomic E-state index is 0.103. The number of aliphatic hydroxyl groups excluding tert-OH is 3. The number of carboxylic acids is 1. The van der Waals surface area contributed by atoms with Crippen LogP contribution in [0.4, 0.5) is 0 Å². The maximum absolute atomic E-state index is 13.7. The van der Waals surface area contributed by atoms with Gasteiger partial charge in [0, 0.05) is 11.6 Å². The number of fused-ring (bicyclic) bond motifs is 1. The summed E-state index contributed by atoms with van der Waals surface area (Å²) in [4.78, 5) is 36.9. The molecular formula is C28H30O17. The standard InChI is InChI=1S/C28H30O17/c1-28(40,7-16(33)34)8-17(35)42-9-15-19(36)21(38)22(39)27(43-15)45-26-20(37)18-13(31)6-14(32)24(41-2)25(18)44-23(26)10-3-4-11(29)12(30)5-10/h3-6,15,19,21-22,27,29-32,36,38-40H,7-9H2,1-2H3,(H,33,34)/t15-,19-,21+,22-,27+,28?/m1/s1. The van der Waals surface area contributed by atoms with Gasteiger partial charge in [0.2, 0.25) is 23.2 Å². The predicted octanol–water partition coefficient (Wildman–Crippen LogP) is -0.364. The number of ether oxygens (including phenoxy) is 4. The fourth-order valence-corrected chi connectivity index (χ4v) is 4.65. The quantitative estimate of drug-likeness (QED) is 0.101. The summed E-state index contributed by atoms with van der Waals surface area (Å²) >= 11 is 0. The summed E-state index contributed by atoms with van der Waals surface area (Å²) in [6.07, 6.45) is -11.0. The van der Waals surface area contributed by atoms with Crippen molar-refractivity contribution in [2.75, 3.05) is 13.7 Å². The molecule has 0 amide bonds. The van der Waals surface area contributed by atoms with E-state index in [1.807, 2.05) is 0 Å². The molecule has 2 aromatic carbocycles. The SMILES string of the molecule is COc1c(O)cc(O)c2c(=O)c(O[C@@H]3O[C@H](COC(=O)CC(C)(O)CC(=O)O)[C@@H](O)[C@H](O)[C@H]3O)c(-c3ccc(O)c(O)c3)oc12. The number of hydrogen-bond donors (Lipinski definition) is 9. The monoisotopic (exact) mass is 638 g/mol. The molecule has 0 bridgehead atoms. The number of phenols is 4. The van der Waals surface area contributed by atoms with Crippen LogP contribution in [0, 0.1) is 0 Å². The van der Waals surface area contributed by atoms with Crippen LogP contribution in [0.3, 0.4) is 0 Å². The molecule has 1 aliphatic rings. The van der Waals surface area contributed by atoms with E-state index in [4.69, 9.17) is 28.5 Å². The Morgan fingerprint density at radius 3 is 2.22 bits per heavy atom. The summed E-state index contributed by atoms with van der Waals surface area (Å²) in [5.74, 6) is -6.67. The Labute approximate surface area is 252 Å². The van der Waals surface area contributed by atoms with Crippen LogP contribution in [0.1, 0.15) is 19.8 Å². The van der Waals surface area contributed by atoms with Gasteiger partial charge in [0.1, 0.15) is 42.2 Å². The molecule has 0 aliphatic carbocycles. The Bertz CT molecular complexity index is 1660.